The van der Waals surface area contributed by atoms with Gasteiger partial charge in [-0.05, 0) is 30.2 Å². The summed E-state index contributed by atoms with van der Waals surface area (Å²) in [5.41, 5.74) is 0.431. The molecule has 12 heavy (non-hydrogen) atoms. The Hall–Kier alpha value is -0.920. The van der Waals surface area contributed by atoms with Crippen LogP contribution in [0.3, 0.4) is 0 Å². The molecule has 0 radical (unpaired) electrons. The first-order chi connectivity index (χ1) is 5.74. The summed E-state index contributed by atoms with van der Waals surface area (Å²) in [6, 6.07) is 3.48. The van der Waals surface area contributed by atoms with E-state index in [1.54, 1.807) is 6.92 Å². The fourth-order valence-corrected chi connectivity index (χ4v) is 0.814. The fraction of sp³-hybridized carbons (Fsp3) is 0.400. The van der Waals surface area contributed by atoms with Gasteiger partial charge < -0.3 is 0 Å². The largest absolute Gasteiger partial charge is 0.207 e. The third-order valence-electron chi connectivity index (χ3n) is 1.39. The van der Waals surface area contributed by atoms with Crippen LogP contribution in [0.2, 0.25) is 0 Å². The van der Waals surface area contributed by atoms with Gasteiger partial charge in [0.15, 0.2) is 0 Å². The predicted octanol–water partition coefficient (Wildman–Crippen LogP) is 3.55. The van der Waals surface area contributed by atoms with E-state index in [9.17, 15) is 8.78 Å². The molecule has 0 aromatic heterocycles. The fourth-order valence-electron chi connectivity index (χ4n) is 0.814. The maximum Gasteiger partial charge on any atom is 0.126 e. The maximum absolute atomic E-state index is 12.6. The van der Waals surface area contributed by atoms with E-state index in [2.05, 4.69) is 0 Å². The van der Waals surface area contributed by atoms with Gasteiger partial charge in [-0.2, -0.15) is 0 Å². The van der Waals surface area contributed by atoms with Crippen LogP contribution in [0.15, 0.2) is 18.2 Å². The Bertz CT molecular complexity index is 231. The molecule has 0 nitrogen and oxygen atoms in total. The minimum Gasteiger partial charge on any atom is -0.207 e. The van der Waals surface area contributed by atoms with Crippen LogP contribution in [0.25, 0.3) is 0 Å². The first-order valence-corrected chi connectivity index (χ1v) is 4.18. The molecule has 0 aliphatic carbocycles. The molecule has 0 heterocycles. The highest BCUT2D eigenvalue weighted by Crippen LogP contribution is 2.09. The van der Waals surface area contributed by atoms with Gasteiger partial charge in [-0.15, -0.1) is 0 Å². The van der Waals surface area contributed by atoms with Gasteiger partial charge in [-0.1, -0.05) is 20.8 Å². The second-order valence-corrected chi connectivity index (χ2v) is 2.09. The van der Waals surface area contributed by atoms with E-state index in [1.165, 1.54) is 6.07 Å². The Morgan fingerprint density at radius 3 is 2.17 bits per heavy atom. The average Bonchev–Trinajstić information content (AvgIpc) is 2.13. The van der Waals surface area contributed by atoms with Crippen LogP contribution in [0.4, 0.5) is 8.78 Å². The van der Waals surface area contributed by atoms with Crippen molar-refractivity contribution in [1.82, 2.24) is 0 Å². The van der Waals surface area contributed by atoms with Crippen molar-refractivity contribution >= 4 is 0 Å². The zero-order valence-electron chi connectivity index (χ0n) is 7.70. The number of rotatable bonds is 1. The lowest BCUT2D eigenvalue weighted by Crippen LogP contribution is -1.87. The van der Waals surface area contributed by atoms with Crippen LogP contribution < -0.4 is 0 Å². The van der Waals surface area contributed by atoms with Crippen molar-refractivity contribution in [3.05, 3.63) is 35.4 Å². The highest BCUT2D eigenvalue weighted by Gasteiger charge is 1.99. The van der Waals surface area contributed by atoms with E-state index in [-0.39, 0.29) is 11.6 Å². The van der Waals surface area contributed by atoms with E-state index in [4.69, 9.17) is 0 Å². The molecular formula is C10H14F2. The molecule has 2 heteroatoms. The van der Waals surface area contributed by atoms with E-state index in [0.29, 0.717) is 12.0 Å². The quantitative estimate of drug-likeness (QED) is 0.607. The number of benzene rings is 1. The van der Waals surface area contributed by atoms with Gasteiger partial charge in [0.05, 0.1) is 0 Å². The van der Waals surface area contributed by atoms with Crippen molar-refractivity contribution in [3.8, 4) is 0 Å². The van der Waals surface area contributed by atoms with Crippen LogP contribution in [0.5, 0.6) is 0 Å². The van der Waals surface area contributed by atoms with E-state index >= 15 is 0 Å². The van der Waals surface area contributed by atoms with Crippen LogP contribution in [-0.4, -0.2) is 0 Å². The number of aryl methyl sites for hydroxylation is 1. The summed E-state index contributed by atoms with van der Waals surface area (Å²) in [4.78, 5) is 0. The van der Waals surface area contributed by atoms with Gasteiger partial charge >= 0.3 is 0 Å². The van der Waals surface area contributed by atoms with Gasteiger partial charge in [0.1, 0.15) is 11.6 Å². The van der Waals surface area contributed by atoms with E-state index < -0.39 is 0 Å². The average molecular weight is 172 g/mol. The smallest absolute Gasteiger partial charge is 0.126 e. The predicted molar refractivity (Wildman–Crippen MR) is 47.1 cm³/mol. The van der Waals surface area contributed by atoms with Gasteiger partial charge in [0.25, 0.3) is 0 Å². The van der Waals surface area contributed by atoms with Gasteiger partial charge in [0, 0.05) is 0 Å². The molecule has 0 aliphatic heterocycles. The highest BCUT2D eigenvalue weighted by atomic mass is 19.1. The molecule has 0 saturated heterocycles. The highest BCUT2D eigenvalue weighted by molar-refractivity contribution is 5.18. The molecule has 68 valence electrons. The van der Waals surface area contributed by atoms with Gasteiger partial charge in [0.2, 0.25) is 0 Å². The molecule has 0 unspecified atom stereocenters. The van der Waals surface area contributed by atoms with Crippen LogP contribution in [0.1, 0.15) is 26.3 Å². The van der Waals surface area contributed by atoms with Crippen molar-refractivity contribution in [2.45, 2.75) is 27.2 Å². The molecule has 0 bridgehead atoms. The molecule has 1 aromatic carbocycles. The lowest BCUT2D eigenvalue weighted by atomic mass is 10.1. The standard InChI is InChI=1S/C8H8F2.C2H6/c1-2-6-5-7(9)3-4-8(6)10;1-2/h3-5H,2H2,1H3;1-2H3. The van der Waals surface area contributed by atoms with E-state index in [0.717, 1.165) is 12.1 Å². The van der Waals surface area contributed by atoms with Crippen LogP contribution >= 0.6 is 0 Å². The molecule has 0 fully saturated rings. The number of hydrogen-bond donors (Lipinski definition) is 0. The first kappa shape index (κ1) is 11.1. The molecule has 1 aromatic rings. The Labute approximate surface area is 72.2 Å². The van der Waals surface area contributed by atoms with Crippen molar-refractivity contribution < 1.29 is 8.78 Å². The molecule has 0 aliphatic rings. The Morgan fingerprint density at radius 1 is 1.17 bits per heavy atom. The molecule has 0 amide bonds. The minimum absolute atomic E-state index is 0.330. The Balaban J connectivity index is 0.000000561. The van der Waals surface area contributed by atoms with Gasteiger partial charge in [-0.25, -0.2) is 8.78 Å². The van der Waals surface area contributed by atoms with E-state index in [1.807, 2.05) is 13.8 Å². The third kappa shape index (κ3) is 2.99. The molecule has 0 spiro atoms. The van der Waals surface area contributed by atoms with Gasteiger partial charge in [-0.3, -0.25) is 0 Å². The third-order valence-corrected chi connectivity index (χ3v) is 1.39. The second-order valence-electron chi connectivity index (χ2n) is 2.09. The monoisotopic (exact) mass is 172 g/mol. The van der Waals surface area contributed by atoms with Crippen molar-refractivity contribution in [2.24, 2.45) is 0 Å². The molecule has 1 rings (SSSR count). The van der Waals surface area contributed by atoms with Crippen LogP contribution in [0, 0.1) is 11.6 Å². The lowest BCUT2D eigenvalue weighted by Gasteiger charge is -1.96. The number of hydrogen-bond acceptors (Lipinski definition) is 0. The summed E-state index contributed by atoms with van der Waals surface area (Å²) in [5, 5.41) is 0. The number of halogens is 2. The van der Waals surface area contributed by atoms with Crippen LogP contribution in [-0.2, 0) is 6.42 Å². The zero-order valence-corrected chi connectivity index (χ0v) is 7.70. The zero-order chi connectivity index (χ0) is 9.56. The summed E-state index contributed by atoms with van der Waals surface area (Å²) in [7, 11) is 0. The molecule has 0 atom stereocenters. The summed E-state index contributed by atoms with van der Waals surface area (Å²) < 4.78 is 25.0. The van der Waals surface area contributed by atoms with Crippen molar-refractivity contribution in [3.63, 3.8) is 0 Å². The first-order valence-electron chi connectivity index (χ1n) is 4.18. The van der Waals surface area contributed by atoms with Crippen molar-refractivity contribution in [2.75, 3.05) is 0 Å². The molecular weight excluding hydrogens is 158 g/mol. The molecule has 0 N–H and O–H groups in total. The van der Waals surface area contributed by atoms with Crippen molar-refractivity contribution in [1.29, 1.82) is 0 Å². The minimum atomic E-state index is -0.377. The Morgan fingerprint density at radius 2 is 1.75 bits per heavy atom. The lowest BCUT2D eigenvalue weighted by molar-refractivity contribution is 0.587. The summed E-state index contributed by atoms with van der Waals surface area (Å²) in [6.07, 6.45) is 0.531. The SMILES string of the molecule is CC.CCc1cc(F)ccc1F. The topological polar surface area (TPSA) is 0 Å². The molecule has 0 saturated carbocycles. The summed E-state index contributed by atoms with van der Waals surface area (Å²) >= 11 is 0. The summed E-state index contributed by atoms with van der Waals surface area (Å²) in [6.45, 7) is 5.79. The Kier molecular flexibility index (Phi) is 5.26. The summed E-state index contributed by atoms with van der Waals surface area (Å²) in [5.74, 6) is -0.706. The second kappa shape index (κ2) is 5.70. The maximum atomic E-state index is 12.6. The normalized spacial score (nSPS) is 8.75.